The third-order valence-electron chi connectivity index (χ3n) is 9.56. The third-order valence-corrected chi connectivity index (χ3v) is 10.8. The Morgan fingerprint density at radius 3 is 1.26 bits per heavy atom. The van der Waals surface area contributed by atoms with Gasteiger partial charge < -0.3 is 21.3 Å². The minimum Gasteiger partial charge on any atom is -0.460 e. The van der Waals surface area contributed by atoms with Crippen LogP contribution in [0.25, 0.3) is 33.4 Å². The SMILES string of the molecule is Nc1nc(Cl)cc(Cl)n1.Nc1nc(Cl)cc(O[C@H](c2ccc(Cl)cc2-c2ccccc2)C(F)(F)F)n1.O=C(c1ccc(Cl)cc1-c1ccccc1)C(F)(F)F.O[C@H](c1ccc(Cl)cc1-c1ccccc1)C(F)(F)F. The van der Waals surface area contributed by atoms with Gasteiger partial charge in [-0.15, -0.1) is 0 Å². The number of nitrogens with two attached hydrogens (primary N) is 2. The topological polar surface area (TPSA) is 150 Å². The molecule has 2 aromatic heterocycles. The summed E-state index contributed by atoms with van der Waals surface area (Å²) in [6, 6.07) is 39.7. The molecule has 0 aliphatic carbocycles. The molecule has 8 rings (SSSR count). The van der Waals surface area contributed by atoms with E-state index in [0.717, 1.165) is 12.1 Å². The number of hydrogen-bond acceptors (Lipinski definition) is 9. The molecule has 0 spiro atoms. The third kappa shape index (κ3) is 17.1. The van der Waals surface area contributed by atoms with Crippen molar-refractivity contribution in [2.24, 2.45) is 0 Å². The second-order valence-electron chi connectivity index (χ2n) is 14.8. The molecule has 8 aromatic rings. The van der Waals surface area contributed by atoms with Gasteiger partial charge in [0.25, 0.3) is 5.78 Å². The number of hydrogen-bond donors (Lipinski definition) is 3. The summed E-state index contributed by atoms with van der Waals surface area (Å²) in [5.41, 5.74) is 12.3. The summed E-state index contributed by atoms with van der Waals surface area (Å²) >= 11 is 34.2. The number of rotatable bonds is 8. The number of aliphatic hydroxyl groups is 1. The lowest BCUT2D eigenvalue weighted by Gasteiger charge is -2.24. The van der Waals surface area contributed by atoms with Gasteiger partial charge in [-0.3, -0.25) is 4.79 Å². The van der Waals surface area contributed by atoms with Crippen LogP contribution >= 0.6 is 69.6 Å². The number of benzene rings is 6. The first-order valence-electron chi connectivity index (χ1n) is 20.6. The van der Waals surface area contributed by atoms with Crippen LogP contribution in [-0.2, 0) is 0 Å². The lowest BCUT2D eigenvalue weighted by molar-refractivity contribution is -0.206. The summed E-state index contributed by atoms with van der Waals surface area (Å²) in [5, 5.41) is 10.7. The lowest BCUT2D eigenvalue weighted by atomic mass is 9.96. The van der Waals surface area contributed by atoms with Crippen molar-refractivity contribution >= 4 is 87.3 Å². The highest BCUT2D eigenvalue weighted by atomic mass is 35.5. The molecule has 0 unspecified atom stereocenters. The second-order valence-corrected chi connectivity index (χ2v) is 17.3. The largest absolute Gasteiger partial charge is 0.460 e. The van der Waals surface area contributed by atoms with E-state index in [4.69, 9.17) is 85.8 Å². The first-order valence-corrected chi connectivity index (χ1v) is 22.9. The minimum atomic E-state index is -4.91. The molecule has 0 saturated heterocycles. The Kier molecular flexibility index (Phi) is 20.3. The zero-order valence-electron chi connectivity index (χ0n) is 37.0. The van der Waals surface area contributed by atoms with Crippen LogP contribution in [0.1, 0.15) is 33.7 Å². The van der Waals surface area contributed by atoms with Crippen LogP contribution in [0.2, 0.25) is 30.5 Å². The molecule has 74 heavy (non-hydrogen) atoms. The molecule has 6 aromatic carbocycles. The number of alkyl halides is 9. The first kappa shape index (κ1) is 58.5. The maximum absolute atomic E-state index is 13.8. The predicted octanol–water partition coefficient (Wildman–Crippen LogP) is 16.4. The molecule has 0 bridgehead atoms. The summed E-state index contributed by atoms with van der Waals surface area (Å²) in [7, 11) is 0. The number of halogens is 15. The Hall–Kier alpha value is -6.38. The van der Waals surface area contributed by atoms with Gasteiger partial charge in [0.1, 0.15) is 15.5 Å². The van der Waals surface area contributed by atoms with Crippen LogP contribution < -0.4 is 16.2 Å². The highest BCUT2D eigenvalue weighted by Gasteiger charge is 2.45. The van der Waals surface area contributed by atoms with Gasteiger partial charge in [0, 0.05) is 38.3 Å². The molecular formula is C50H33Cl6F9N6O3. The molecule has 2 atom stereocenters. The van der Waals surface area contributed by atoms with Gasteiger partial charge in [-0.05, 0) is 81.4 Å². The molecule has 386 valence electrons. The smallest absolute Gasteiger partial charge is 0.454 e. The second kappa shape index (κ2) is 25.7. The number of ether oxygens (including phenoxy) is 1. The summed E-state index contributed by atoms with van der Waals surface area (Å²) in [6.45, 7) is 0. The first-order chi connectivity index (χ1) is 34.7. The van der Waals surface area contributed by atoms with Crippen molar-refractivity contribution in [3.63, 3.8) is 0 Å². The molecule has 0 fully saturated rings. The highest BCUT2D eigenvalue weighted by Crippen LogP contribution is 2.43. The number of aromatic nitrogens is 4. The van der Waals surface area contributed by atoms with Crippen LogP contribution in [-0.4, -0.2) is 49.4 Å². The average Bonchev–Trinajstić information content (AvgIpc) is 3.33. The Morgan fingerprint density at radius 1 is 0.473 bits per heavy atom. The van der Waals surface area contributed by atoms with E-state index in [9.17, 15) is 49.4 Å². The van der Waals surface area contributed by atoms with E-state index in [1.54, 1.807) is 91.0 Å². The zero-order valence-corrected chi connectivity index (χ0v) is 41.6. The lowest BCUT2D eigenvalue weighted by Crippen LogP contribution is -2.27. The normalized spacial score (nSPS) is 12.1. The van der Waals surface area contributed by atoms with E-state index in [0.29, 0.717) is 32.3 Å². The van der Waals surface area contributed by atoms with Gasteiger partial charge in [0.2, 0.25) is 23.9 Å². The zero-order chi connectivity index (χ0) is 54.5. The maximum atomic E-state index is 13.8. The van der Waals surface area contributed by atoms with Crippen molar-refractivity contribution in [2.45, 2.75) is 30.7 Å². The summed E-state index contributed by atoms with van der Waals surface area (Å²) < 4.78 is 122. The summed E-state index contributed by atoms with van der Waals surface area (Å²) in [5.74, 6) is -2.46. The van der Waals surface area contributed by atoms with E-state index >= 15 is 0 Å². The summed E-state index contributed by atoms with van der Waals surface area (Å²) in [6.07, 6.45) is -19.2. The monoisotopic (exact) mass is 1150 g/mol. The Labute approximate surface area is 445 Å². The van der Waals surface area contributed by atoms with Crippen molar-refractivity contribution < 1.29 is 54.2 Å². The van der Waals surface area contributed by atoms with Crippen LogP contribution in [0, 0.1) is 0 Å². The van der Waals surface area contributed by atoms with Gasteiger partial charge in [-0.1, -0.05) is 173 Å². The molecule has 0 aliphatic rings. The van der Waals surface area contributed by atoms with Crippen molar-refractivity contribution in [1.29, 1.82) is 0 Å². The Balaban J connectivity index is 0.000000193. The van der Waals surface area contributed by atoms with Crippen molar-refractivity contribution in [1.82, 2.24) is 19.9 Å². The van der Waals surface area contributed by atoms with Crippen molar-refractivity contribution in [3.05, 3.63) is 205 Å². The fourth-order valence-electron chi connectivity index (χ4n) is 6.47. The quantitative estimate of drug-likeness (QED) is 0.0767. The van der Waals surface area contributed by atoms with Gasteiger partial charge in [0.05, 0.1) is 0 Å². The predicted molar refractivity (Wildman–Crippen MR) is 269 cm³/mol. The Morgan fingerprint density at radius 2 is 0.851 bits per heavy atom. The van der Waals surface area contributed by atoms with Gasteiger partial charge in [-0.2, -0.15) is 44.5 Å². The van der Waals surface area contributed by atoms with Gasteiger partial charge in [0.15, 0.2) is 6.10 Å². The van der Waals surface area contributed by atoms with Crippen LogP contribution in [0.5, 0.6) is 5.88 Å². The number of ketones is 1. The Bertz CT molecular complexity index is 3090. The van der Waals surface area contributed by atoms with Crippen LogP contribution in [0.15, 0.2) is 158 Å². The average molecular weight is 1150 g/mol. The molecule has 2 heterocycles. The number of nitrogen functional groups attached to an aromatic ring is 2. The molecule has 9 nitrogen and oxygen atoms in total. The maximum Gasteiger partial charge on any atom is 0.454 e. The van der Waals surface area contributed by atoms with E-state index in [1.807, 2.05) is 0 Å². The van der Waals surface area contributed by atoms with Crippen molar-refractivity contribution in [2.75, 3.05) is 11.5 Å². The molecule has 0 amide bonds. The standard InChI is InChI=1S/C18H12Cl2F3N3O.C14H10ClF3O.C14H8ClF3O.C4H3Cl2N3/c19-11-6-7-12(13(8-11)10-4-2-1-3-5-10)16(18(21,22)23)27-15-9-14(20)25-17(24)26-15;2*15-10-6-7-11(13(19)14(16,17)18)12(8-10)9-4-2-1-3-5-9;5-2-1-3(6)9-4(7)8-2/h1-9,16H,(H2,24,25,26);1-8,13,19H;1-8H;1H,(H2,7,8,9)/t16-;13-;;/m11../s1. The fourth-order valence-corrected chi connectivity index (χ4v) is 7.60. The molecule has 0 radical (unpaired) electrons. The molecule has 0 aliphatic heterocycles. The van der Waals surface area contributed by atoms with Crippen LogP contribution in [0.3, 0.4) is 0 Å². The van der Waals surface area contributed by atoms with Crippen molar-refractivity contribution in [3.8, 4) is 39.3 Å². The number of carbonyl (C=O) groups excluding carboxylic acids is 1. The van der Waals surface area contributed by atoms with E-state index in [1.165, 1.54) is 54.6 Å². The number of carbonyl (C=O) groups is 1. The number of Topliss-reactive ketones (excluding diaryl/α,β-unsaturated/α-hetero) is 1. The van der Waals surface area contributed by atoms with Gasteiger partial charge in [-0.25, -0.2) is 15.0 Å². The molecule has 5 N–H and O–H groups in total. The van der Waals surface area contributed by atoms with Gasteiger partial charge >= 0.3 is 18.5 Å². The number of anilines is 2. The highest BCUT2D eigenvalue weighted by molar-refractivity contribution is 6.33. The fraction of sp³-hybridized carbons (Fsp3) is 0.100. The van der Waals surface area contributed by atoms with Crippen LogP contribution in [0.4, 0.5) is 51.4 Å². The van der Waals surface area contributed by atoms with E-state index in [-0.39, 0.29) is 60.5 Å². The minimum absolute atomic E-state index is 0.0903. The number of nitrogens with zero attached hydrogens (tertiary/aromatic N) is 4. The molecular weight excluding hydrogens is 1120 g/mol. The number of aliphatic hydroxyl groups excluding tert-OH is 1. The summed E-state index contributed by atoms with van der Waals surface area (Å²) in [4.78, 5) is 25.8. The molecule has 24 heteroatoms. The van der Waals surface area contributed by atoms with E-state index in [2.05, 4.69) is 19.9 Å². The van der Waals surface area contributed by atoms with E-state index < -0.39 is 42.1 Å². The molecule has 0 saturated carbocycles.